The monoisotopic (exact) mass is 519 g/mol. The second kappa shape index (κ2) is 7.96. The molecule has 19 heteroatoms. The Morgan fingerprint density at radius 1 is 0.594 bits per heavy atom. The van der Waals surface area contributed by atoms with Crippen LogP contribution in [0.4, 0.5) is 74.6 Å². The molecule has 0 aliphatic heterocycles. The van der Waals surface area contributed by atoms with E-state index in [-0.39, 0.29) is 4.90 Å². The maximum atomic E-state index is 13.8. The Morgan fingerprint density at radius 2 is 0.875 bits per heavy atom. The van der Waals surface area contributed by atoms with E-state index in [2.05, 4.69) is 6.58 Å². The van der Waals surface area contributed by atoms with Crippen LogP contribution < -0.4 is 0 Å². The fourth-order valence-corrected chi connectivity index (χ4v) is 1.87. The number of hydrogen-bond donors (Lipinski definition) is 1. The van der Waals surface area contributed by atoms with Crippen LogP contribution in [0.5, 0.6) is 0 Å². The average Bonchev–Trinajstić information content (AvgIpc) is 2.58. The van der Waals surface area contributed by atoms with Crippen LogP contribution in [0.25, 0.3) is 0 Å². The summed E-state index contributed by atoms with van der Waals surface area (Å²) in [7, 11) is 0.311. The van der Waals surface area contributed by atoms with Crippen molar-refractivity contribution < 1.29 is 79.7 Å². The van der Waals surface area contributed by atoms with Crippen LogP contribution in [-0.4, -0.2) is 77.8 Å². The minimum atomic E-state index is -8.67. The van der Waals surface area contributed by atoms with Crippen molar-refractivity contribution in [3.8, 4) is 0 Å². The van der Waals surface area contributed by atoms with E-state index in [0.29, 0.717) is 7.05 Å². The van der Waals surface area contributed by atoms with Gasteiger partial charge < -0.3 is 10.0 Å². The number of aliphatic hydroxyl groups excluding tert-OH is 1. The number of hydrogen-bond acceptors (Lipinski definition) is 2. The number of aliphatic hydroxyl groups is 1. The molecule has 0 aromatic carbocycles. The fourth-order valence-electron chi connectivity index (χ4n) is 1.87. The number of rotatable bonds is 10. The van der Waals surface area contributed by atoms with Crippen LogP contribution in [0.15, 0.2) is 12.3 Å². The summed E-state index contributed by atoms with van der Waals surface area (Å²) in [6, 6.07) is 0. The van der Waals surface area contributed by atoms with Gasteiger partial charge in [0.25, 0.3) is 0 Å². The molecule has 1 N–H and O–H groups in total. The Hall–Kier alpha value is -1.69. The van der Waals surface area contributed by atoms with Gasteiger partial charge in [0.15, 0.2) is 0 Å². The van der Waals surface area contributed by atoms with E-state index in [0.717, 1.165) is 0 Å². The number of nitrogens with zero attached hydrogens (tertiary/aromatic N) is 1. The minimum absolute atomic E-state index is 0.285. The molecule has 0 fully saturated rings. The van der Waals surface area contributed by atoms with E-state index in [9.17, 15) is 74.6 Å². The second-order valence-electron chi connectivity index (χ2n) is 6.11. The largest absolute Gasteiger partial charge is 0.460 e. The second-order valence-corrected chi connectivity index (χ2v) is 6.11. The van der Waals surface area contributed by atoms with Crippen molar-refractivity contribution >= 4 is 0 Å². The van der Waals surface area contributed by atoms with Gasteiger partial charge in [0.1, 0.15) is 0 Å². The summed E-state index contributed by atoms with van der Waals surface area (Å²) in [5.41, 5.74) is -2.57. The van der Waals surface area contributed by atoms with Crippen molar-refractivity contribution in [2.45, 2.75) is 47.6 Å². The third kappa shape index (κ3) is 3.82. The third-order valence-electron chi connectivity index (χ3n) is 3.98. The normalized spacial score (nSPS) is 15.7. The summed E-state index contributed by atoms with van der Waals surface area (Å²) < 4.78 is 223. The Balaban J connectivity index is 6.75. The van der Waals surface area contributed by atoms with Gasteiger partial charge >= 0.3 is 47.6 Å². The molecule has 0 aliphatic rings. The summed E-state index contributed by atoms with van der Waals surface area (Å²) in [5.74, 6) is -56.9. The van der Waals surface area contributed by atoms with E-state index in [1.165, 1.54) is 0 Å². The van der Waals surface area contributed by atoms with Crippen molar-refractivity contribution in [1.82, 2.24) is 4.90 Å². The number of likely N-dealkylation sites (N-methyl/N-ethyl adjacent to an activating group) is 1. The summed E-state index contributed by atoms with van der Waals surface area (Å²) >= 11 is 0. The van der Waals surface area contributed by atoms with Crippen molar-refractivity contribution in [2.24, 2.45) is 0 Å². The molecule has 0 radical (unpaired) electrons. The van der Waals surface area contributed by atoms with Crippen molar-refractivity contribution in [1.29, 1.82) is 0 Å². The lowest BCUT2D eigenvalue weighted by Gasteiger charge is -2.43. The molecule has 0 aliphatic carbocycles. The van der Waals surface area contributed by atoms with Crippen molar-refractivity contribution in [3.05, 3.63) is 12.3 Å². The van der Waals surface area contributed by atoms with E-state index >= 15 is 0 Å². The maximum Gasteiger partial charge on any atom is 0.460 e. The molecule has 0 aromatic heterocycles. The predicted octanol–water partition coefficient (Wildman–Crippen LogP) is 5.43. The Morgan fingerprint density at radius 3 is 1.16 bits per heavy atom. The van der Waals surface area contributed by atoms with Gasteiger partial charge in [0.05, 0.1) is 12.3 Å². The molecule has 32 heavy (non-hydrogen) atoms. The molecule has 0 bridgehead atoms. The van der Waals surface area contributed by atoms with Gasteiger partial charge in [-0.05, 0) is 0 Å². The van der Waals surface area contributed by atoms with Gasteiger partial charge in [-0.3, -0.25) is 0 Å². The third-order valence-corrected chi connectivity index (χ3v) is 3.98. The SMILES string of the molecule is C=C(N(C)CCO)C(F)(F)C(F)(F)C(F)(F)C(F)(F)C(F)(F)C(F)(F)C(F)(F)C(F)(F)F. The van der Waals surface area contributed by atoms with Gasteiger partial charge in [0, 0.05) is 13.6 Å². The van der Waals surface area contributed by atoms with Crippen LogP contribution >= 0.6 is 0 Å². The standard InChI is InChI=1S/C13H10F17NO/c1-5(31(2)3-4-32)6(14,15)7(16,17)8(18,19)9(20,21)10(22,23)11(24,25)12(26,27)13(28,29)30/h32H,1,3-4H2,2H3. The minimum Gasteiger partial charge on any atom is -0.395 e. The smallest absolute Gasteiger partial charge is 0.395 e. The summed E-state index contributed by atoms with van der Waals surface area (Å²) in [4.78, 5) is -0.285. The van der Waals surface area contributed by atoms with Gasteiger partial charge in [-0.1, -0.05) is 6.58 Å². The number of alkyl halides is 17. The topological polar surface area (TPSA) is 23.5 Å². The Labute approximate surface area is 166 Å². The first-order valence-corrected chi connectivity index (χ1v) is 7.37. The van der Waals surface area contributed by atoms with E-state index in [1.54, 1.807) is 0 Å². The zero-order valence-corrected chi connectivity index (χ0v) is 14.9. The molecule has 0 saturated carbocycles. The first-order valence-electron chi connectivity index (χ1n) is 7.37. The van der Waals surface area contributed by atoms with Gasteiger partial charge in [0.2, 0.25) is 0 Å². The molecule has 0 amide bonds. The summed E-state index contributed by atoms with van der Waals surface area (Å²) in [5, 5.41) is 8.45. The predicted molar refractivity (Wildman–Crippen MR) is 69.5 cm³/mol. The molecule has 0 atom stereocenters. The van der Waals surface area contributed by atoms with Crippen LogP contribution in [0.1, 0.15) is 0 Å². The van der Waals surface area contributed by atoms with Crippen molar-refractivity contribution in [2.75, 3.05) is 20.2 Å². The molecule has 192 valence electrons. The van der Waals surface area contributed by atoms with E-state index in [4.69, 9.17) is 5.11 Å². The molecule has 0 rings (SSSR count). The average molecular weight is 519 g/mol. The molecular formula is C13H10F17NO. The quantitative estimate of drug-likeness (QED) is 0.389. The van der Waals surface area contributed by atoms with Crippen LogP contribution in [0, 0.1) is 0 Å². The molecule has 0 heterocycles. The molecular weight excluding hydrogens is 509 g/mol. The summed E-state index contributed by atoms with van der Waals surface area (Å²) in [6.45, 7) is -0.215. The number of allylic oxidation sites excluding steroid dienone is 1. The zero-order valence-electron chi connectivity index (χ0n) is 14.9. The lowest BCUT2D eigenvalue weighted by Crippen LogP contribution is -2.74. The van der Waals surface area contributed by atoms with Crippen molar-refractivity contribution in [3.63, 3.8) is 0 Å². The summed E-state index contributed by atoms with van der Waals surface area (Å²) in [6.07, 6.45) is -7.79. The maximum absolute atomic E-state index is 13.8. The molecule has 2 nitrogen and oxygen atoms in total. The van der Waals surface area contributed by atoms with Crippen LogP contribution in [0.3, 0.4) is 0 Å². The van der Waals surface area contributed by atoms with E-state index in [1.807, 2.05) is 0 Å². The van der Waals surface area contributed by atoms with Gasteiger partial charge in [-0.25, -0.2) is 0 Å². The van der Waals surface area contributed by atoms with Crippen LogP contribution in [0.2, 0.25) is 0 Å². The zero-order chi connectivity index (χ0) is 26.6. The molecule has 0 aromatic rings. The Kier molecular flexibility index (Phi) is 7.54. The van der Waals surface area contributed by atoms with Crippen LogP contribution in [-0.2, 0) is 0 Å². The molecule has 0 saturated heterocycles. The highest BCUT2D eigenvalue weighted by Gasteiger charge is 2.95. The first-order chi connectivity index (χ1) is 13.6. The van der Waals surface area contributed by atoms with Gasteiger partial charge in [-0.15, -0.1) is 0 Å². The molecule has 0 unspecified atom stereocenters. The lowest BCUT2D eigenvalue weighted by molar-refractivity contribution is -0.460. The lowest BCUT2D eigenvalue weighted by atomic mass is 9.88. The highest BCUT2D eigenvalue weighted by molar-refractivity contribution is 5.21. The first kappa shape index (κ1) is 30.3. The molecule has 0 spiro atoms. The number of halogens is 17. The highest BCUT2D eigenvalue weighted by atomic mass is 19.4. The van der Waals surface area contributed by atoms with E-state index < -0.39 is 66.5 Å². The fraction of sp³-hybridized carbons (Fsp3) is 0.846. The van der Waals surface area contributed by atoms with Gasteiger partial charge in [-0.2, -0.15) is 74.6 Å². The Bertz CT molecular complexity index is 695. The highest BCUT2D eigenvalue weighted by Crippen LogP contribution is 2.64.